The van der Waals surface area contributed by atoms with Crippen molar-refractivity contribution in [1.29, 1.82) is 0 Å². The second-order valence-electron chi connectivity index (χ2n) is 7.34. The highest BCUT2D eigenvalue weighted by Gasteiger charge is 2.25. The minimum absolute atomic E-state index is 0.0524. The first-order valence-electron chi connectivity index (χ1n) is 9.91. The van der Waals surface area contributed by atoms with Crippen LogP contribution in [0.15, 0.2) is 75.4 Å². The fourth-order valence-corrected chi connectivity index (χ4v) is 6.28. The van der Waals surface area contributed by atoms with Crippen molar-refractivity contribution in [2.24, 2.45) is 0 Å². The number of hydrogen-bond donors (Lipinski definition) is 1. The van der Waals surface area contributed by atoms with Gasteiger partial charge < -0.3 is 10.1 Å². The summed E-state index contributed by atoms with van der Waals surface area (Å²) in [6.45, 7) is 1.32. The lowest BCUT2D eigenvalue weighted by atomic mass is 10.2. The molecular formula is C24H17Cl2NO5S2. The minimum atomic E-state index is -3.76. The predicted molar refractivity (Wildman–Crippen MR) is 134 cm³/mol. The number of hydrogen-bond acceptors (Lipinski definition) is 6. The molecule has 3 aromatic rings. The zero-order valence-electron chi connectivity index (χ0n) is 17.7. The maximum absolute atomic E-state index is 13.0. The Labute approximate surface area is 210 Å². The Morgan fingerprint density at radius 3 is 2.38 bits per heavy atom. The Morgan fingerprint density at radius 2 is 1.74 bits per heavy atom. The van der Waals surface area contributed by atoms with E-state index in [1.54, 1.807) is 54.6 Å². The summed E-state index contributed by atoms with van der Waals surface area (Å²) in [6.07, 6.45) is 1.70. The van der Waals surface area contributed by atoms with Gasteiger partial charge in [0.05, 0.1) is 21.2 Å². The van der Waals surface area contributed by atoms with Crippen molar-refractivity contribution < 1.29 is 22.7 Å². The minimum Gasteiger partial charge on any atom is -0.427 e. The number of thioether (sulfide) groups is 1. The quantitative estimate of drug-likeness (QED) is 0.246. The van der Waals surface area contributed by atoms with Crippen LogP contribution < -0.4 is 10.1 Å². The third-order valence-electron chi connectivity index (χ3n) is 4.84. The summed E-state index contributed by atoms with van der Waals surface area (Å²) in [5.41, 5.74) is 1.48. The van der Waals surface area contributed by atoms with Gasteiger partial charge in [-0.25, -0.2) is 8.42 Å². The second kappa shape index (κ2) is 9.84. The van der Waals surface area contributed by atoms with Crippen molar-refractivity contribution in [3.05, 3.63) is 86.7 Å². The molecule has 0 bridgehead atoms. The maximum atomic E-state index is 13.0. The van der Waals surface area contributed by atoms with E-state index in [4.69, 9.17) is 27.9 Å². The summed E-state index contributed by atoms with van der Waals surface area (Å²) < 4.78 is 31.0. The summed E-state index contributed by atoms with van der Waals surface area (Å²) in [6, 6.07) is 16.1. The molecule has 1 heterocycles. The molecule has 6 nitrogen and oxygen atoms in total. The smallest absolute Gasteiger partial charge is 0.308 e. The Hall–Kier alpha value is -2.78. The predicted octanol–water partition coefficient (Wildman–Crippen LogP) is 5.98. The molecule has 0 radical (unpaired) electrons. The number of carbonyl (C=O) groups excluding carboxylic acids is 2. The van der Waals surface area contributed by atoms with Crippen LogP contribution in [0, 0.1) is 0 Å². The van der Waals surface area contributed by atoms with E-state index in [0.29, 0.717) is 26.8 Å². The molecule has 0 aliphatic carbocycles. The lowest BCUT2D eigenvalue weighted by molar-refractivity contribution is -0.131. The largest absolute Gasteiger partial charge is 0.427 e. The van der Waals surface area contributed by atoms with Gasteiger partial charge in [-0.2, -0.15) is 0 Å². The lowest BCUT2D eigenvalue weighted by Gasteiger charge is -2.19. The van der Waals surface area contributed by atoms with Crippen molar-refractivity contribution in [1.82, 2.24) is 0 Å². The highest BCUT2D eigenvalue weighted by atomic mass is 35.5. The summed E-state index contributed by atoms with van der Waals surface area (Å²) in [5.74, 6) is -0.723. The normalized spacial score (nSPS) is 14.4. The van der Waals surface area contributed by atoms with Crippen LogP contribution in [0.5, 0.6) is 5.75 Å². The number of fused-ring (bicyclic) bond motifs is 1. The molecule has 0 unspecified atom stereocenters. The average Bonchev–Trinajstić information content (AvgIpc) is 2.77. The van der Waals surface area contributed by atoms with Gasteiger partial charge >= 0.3 is 5.97 Å². The first kappa shape index (κ1) is 24.3. The fourth-order valence-electron chi connectivity index (χ4n) is 3.23. The number of nitrogens with one attached hydrogen (secondary N) is 1. The van der Waals surface area contributed by atoms with Crippen molar-refractivity contribution in [2.75, 3.05) is 5.32 Å². The first-order chi connectivity index (χ1) is 16.1. The number of benzene rings is 3. The first-order valence-corrected chi connectivity index (χ1v) is 13.1. The van der Waals surface area contributed by atoms with Crippen LogP contribution in [0.3, 0.4) is 0 Å². The molecule has 0 spiro atoms. The molecule has 34 heavy (non-hydrogen) atoms. The van der Waals surface area contributed by atoms with Gasteiger partial charge in [0.15, 0.2) is 9.84 Å². The topological polar surface area (TPSA) is 89.5 Å². The molecule has 0 aromatic heterocycles. The van der Waals surface area contributed by atoms with Crippen LogP contribution in [0.25, 0.3) is 6.08 Å². The second-order valence-corrected chi connectivity index (χ2v) is 11.2. The molecule has 4 rings (SSSR count). The van der Waals surface area contributed by atoms with E-state index < -0.39 is 15.8 Å². The van der Waals surface area contributed by atoms with Gasteiger partial charge in [0.1, 0.15) is 5.75 Å². The van der Waals surface area contributed by atoms with Gasteiger partial charge in [0, 0.05) is 27.4 Å². The lowest BCUT2D eigenvalue weighted by Crippen LogP contribution is -2.18. The Bertz CT molecular complexity index is 1410. The van der Waals surface area contributed by atoms with Crippen molar-refractivity contribution >= 4 is 68.4 Å². The van der Waals surface area contributed by atoms with Gasteiger partial charge in [-0.15, -0.1) is 0 Å². The van der Waals surface area contributed by atoms with Crippen molar-refractivity contribution in [3.63, 3.8) is 0 Å². The Balaban J connectivity index is 1.56. The molecule has 1 amide bonds. The number of anilines is 1. The van der Waals surface area contributed by atoms with Crippen molar-refractivity contribution in [3.8, 4) is 5.75 Å². The van der Waals surface area contributed by atoms with Gasteiger partial charge in [0.2, 0.25) is 0 Å². The van der Waals surface area contributed by atoms with Crippen LogP contribution in [0.1, 0.15) is 18.1 Å². The van der Waals surface area contributed by atoms with Crippen molar-refractivity contribution in [2.45, 2.75) is 22.5 Å². The zero-order chi connectivity index (χ0) is 24.5. The number of sulfone groups is 1. The molecule has 1 aliphatic heterocycles. The number of amides is 1. The standard InChI is InChI=1S/C24H17Cl2NO5S2/c1-14(28)32-16-7-5-15(6-8-16)11-23-24(29)27-21-12-17(9-10-22(21)33-23)34(30,31)13-18-19(25)3-2-4-20(18)26/h2-12H,13H2,1H3,(H,27,29). The molecule has 0 saturated carbocycles. The number of rotatable bonds is 5. The highest BCUT2D eigenvalue weighted by Crippen LogP contribution is 2.40. The summed E-state index contributed by atoms with van der Waals surface area (Å²) in [5, 5.41) is 3.30. The molecular weight excluding hydrogens is 517 g/mol. The van der Waals surface area contributed by atoms with E-state index >= 15 is 0 Å². The van der Waals surface area contributed by atoms with E-state index in [2.05, 4.69) is 5.32 Å². The van der Waals surface area contributed by atoms with E-state index in [9.17, 15) is 18.0 Å². The number of carbonyl (C=O) groups is 2. The van der Waals surface area contributed by atoms with Gasteiger partial charge in [-0.3, -0.25) is 9.59 Å². The summed E-state index contributed by atoms with van der Waals surface area (Å²) in [4.78, 5) is 24.9. The van der Waals surface area contributed by atoms with Gasteiger partial charge in [-0.05, 0) is 54.1 Å². The number of esters is 1. The van der Waals surface area contributed by atoms with Crippen LogP contribution >= 0.6 is 35.0 Å². The van der Waals surface area contributed by atoms with Crippen LogP contribution in [-0.2, 0) is 25.2 Å². The van der Waals surface area contributed by atoms with E-state index in [0.717, 1.165) is 5.56 Å². The molecule has 10 heteroatoms. The average molecular weight is 534 g/mol. The summed E-state index contributed by atoms with van der Waals surface area (Å²) >= 11 is 13.5. The Morgan fingerprint density at radius 1 is 1.06 bits per heavy atom. The molecule has 0 saturated heterocycles. The molecule has 1 aliphatic rings. The third kappa shape index (κ3) is 5.47. The van der Waals surface area contributed by atoms with Crippen LogP contribution in [-0.4, -0.2) is 20.3 Å². The molecule has 0 atom stereocenters. The van der Waals surface area contributed by atoms with Gasteiger partial charge in [-0.1, -0.05) is 53.2 Å². The van der Waals surface area contributed by atoms with Crippen LogP contribution in [0.2, 0.25) is 10.0 Å². The Kier molecular flexibility index (Phi) is 7.04. The van der Waals surface area contributed by atoms with E-state index in [-0.39, 0.29) is 26.6 Å². The summed E-state index contributed by atoms with van der Waals surface area (Å²) in [7, 11) is -3.76. The van der Waals surface area contributed by atoms with Crippen LogP contribution in [0.4, 0.5) is 5.69 Å². The molecule has 174 valence electrons. The SMILES string of the molecule is CC(=O)Oc1ccc(C=C2Sc3ccc(S(=O)(=O)Cc4c(Cl)cccc4Cl)cc3NC2=O)cc1. The zero-order valence-corrected chi connectivity index (χ0v) is 20.8. The molecule has 3 aromatic carbocycles. The molecule has 1 N–H and O–H groups in total. The number of halogens is 2. The fraction of sp³-hybridized carbons (Fsp3) is 0.0833. The monoisotopic (exact) mass is 533 g/mol. The van der Waals surface area contributed by atoms with E-state index in [1.807, 2.05) is 0 Å². The maximum Gasteiger partial charge on any atom is 0.308 e. The van der Waals surface area contributed by atoms with Gasteiger partial charge in [0.25, 0.3) is 5.91 Å². The third-order valence-corrected chi connectivity index (χ3v) is 8.29. The van der Waals surface area contributed by atoms with E-state index in [1.165, 1.54) is 30.8 Å². The number of ether oxygens (including phenoxy) is 1. The highest BCUT2D eigenvalue weighted by molar-refractivity contribution is 8.04. The molecule has 0 fully saturated rings.